The Morgan fingerprint density at radius 1 is 1.50 bits per heavy atom. The number of hydrogen-bond acceptors (Lipinski definition) is 3. The molecule has 1 heterocycles. The first kappa shape index (κ1) is 11.2. The van der Waals surface area contributed by atoms with E-state index in [1.165, 1.54) is 0 Å². The van der Waals surface area contributed by atoms with Gasteiger partial charge in [0.25, 0.3) is 0 Å². The van der Waals surface area contributed by atoms with Gasteiger partial charge < -0.3 is 0 Å². The van der Waals surface area contributed by atoms with E-state index in [0.29, 0.717) is 0 Å². The van der Waals surface area contributed by atoms with Gasteiger partial charge in [0.05, 0.1) is 0 Å². The van der Waals surface area contributed by atoms with Crippen molar-refractivity contribution in [1.29, 1.82) is 0 Å². The van der Waals surface area contributed by atoms with Crippen LogP contribution in [0.5, 0.6) is 0 Å². The predicted molar refractivity (Wildman–Crippen MR) is 42.2 cm³/mol. The zero-order valence-electron chi connectivity index (χ0n) is 6.23. The first-order valence-electron chi connectivity index (χ1n) is 2.79. The zero-order chi connectivity index (χ0) is 9.78. The van der Waals surface area contributed by atoms with Crippen LogP contribution >= 0.6 is 18.8 Å². The molecule has 1 N–H and O–H groups in total. The Morgan fingerprint density at radius 3 is 1.92 bits per heavy atom. The summed E-state index contributed by atoms with van der Waals surface area (Å²) in [5.41, 5.74) is 0. The van der Waals surface area contributed by atoms with E-state index >= 15 is 0 Å². The summed E-state index contributed by atoms with van der Waals surface area (Å²) in [7, 11) is 7.27. The van der Waals surface area contributed by atoms with Crippen LogP contribution in [0.4, 0.5) is 0 Å². The van der Waals surface area contributed by atoms with Crippen molar-refractivity contribution in [3.63, 3.8) is 0 Å². The van der Waals surface area contributed by atoms with Crippen LogP contribution in [0.25, 0.3) is 0 Å². The standard InChI is InChI=1S/C4H8O4S.2ClH.Pt/c1-4(2)3-8-9(5,6)7;;;/h3H,1-2H3,(H,5,6,7);2*1H;/q;;;+2/p-2. The molecule has 0 radical (unpaired) electrons. The Labute approximate surface area is 82.2 Å². The average Bonchev–Trinajstić information content (AvgIpc) is 2.09. The van der Waals surface area contributed by atoms with Crippen LogP contribution in [0.1, 0.15) is 13.8 Å². The quantitative estimate of drug-likeness (QED) is 0.696. The van der Waals surface area contributed by atoms with E-state index < -0.39 is 32.7 Å². The monoisotopic (exact) mass is 417 g/mol. The molecule has 78 valence electrons. The van der Waals surface area contributed by atoms with Crippen molar-refractivity contribution in [1.82, 2.24) is 0 Å². The molecule has 0 amide bonds. The molecule has 0 spiro atoms. The number of halogens is 2. The minimum atomic E-state index is -4.43. The molecule has 0 aliphatic carbocycles. The molecule has 1 aliphatic heterocycles. The molecule has 1 saturated heterocycles. The second-order valence-electron chi connectivity index (χ2n) is 2.69. The molecule has 8 heteroatoms. The molecule has 0 aromatic carbocycles. The summed E-state index contributed by atoms with van der Waals surface area (Å²) < 4.78 is 32.1. The predicted octanol–water partition coefficient (Wildman–Crippen LogP) is 1.81. The maximum absolute atomic E-state index is 10.3. The summed E-state index contributed by atoms with van der Waals surface area (Å²) in [6.45, 7) is 3.44. The summed E-state index contributed by atoms with van der Waals surface area (Å²) >= 11 is -3.06. The van der Waals surface area contributed by atoms with Crippen LogP contribution in [0.15, 0.2) is 0 Å². The topological polar surface area (TPSA) is 63.6 Å². The molecular weight excluding hydrogens is 410 g/mol. The summed E-state index contributed by atoms with van der Waals surface area (Å²) in [4.78, 5) is 0. The first-order chi connectivity index (χ1) is 5.09. The van der Waals surface area contributed by atoms with Crippen molar-refractivity contribution in [2.24, 2.45) is 0 Å². The van der Waals surface area contributed by atoms with Crippen molar-refractivity contribution >= 4 is 29.2 Å². The Balaban J connectivity index is 2.74. The van der Waals surface area contributed by atoms with E-state index in [4.69, 9.17) is 23.4 Å². The van der Waals surface area contributed by atoms with Crippen molar-refractivity contribution in [3.05, 3.63) is 0 Å². The van der Waals surface area contributed by atoms with Crippen LogP contribution in [0.2, 0.25) is 3.80 Å². The van der Waals surface area contributed by atoms with E-state index in [1.807, 2.05) is 0 Å². The van der Waals surface area contributed by atoms with Crippen molar-refractivity contribution in [2.75, 3.05) is 0 Å². The van der Waals surface area contributed by atoms with Gasteiger partial charge in [-0.05, 0) is 0 Å². The third-order valence-corrected chi connectivity index (χ3v) is 16.5. The Morgan fingerprint density at radius 2 is 1.83 bits per heavy atom. The average molecular weight is 418 g/mol. The van der Waals surface area contributed by atoms with Gasteiger partial charge in [-0.2, -0.15) is 0 Å². The van der Waals surface area contributed by atoms with E-state index in [2.05, 4.69) is 4.18 Å². The van der Waals surface area contributed by atoms with E-state index in [0.717, 1.165) is 0 Å². The van der Waals surface area contributed by atoms with Crippen LogP contribution < -0.4 is 0 Å². The second-order valence-corrected chi connectivity index (χ2v) is 17.9. The van der Waals surface area contributed by atoms with Gasteiger partial charge in [-0.1, -0.05) is 0 Å². The molecule has 12 heavy (non-hydrogen) atoms. The second kappa shape index (κ2) is 2.81. The summed E-state index contributed by atoms with van der Waals surface area (Å²) in [6, 6.07) is 0. The fourth-order valence-electron chi connectivity index (χ4n) is 0.624. The summed E-state index contributed by atoms with van der Waals surface area (Å²) in [5.74, 6) is 0. The molecule has 0 bridgehead atoms. The molecule has 0 aromatic rings. The number of rotatable bonds is 2. The van der Waals surface area contributed by atoms with Gasteiger partial charge in [0.15, 0.2) is 0 Å². The molecule has 0 aromatic heterocycles. The van der Waals surface area contributed by atoms with Crippen molar-refractivity contribution < 1.29 is 31.1 Å². The molecule has 1 rings (SSSR count). The van der Waals surface area contributed by atoms with Gasteiger partial charge in [-0.15, -0.1) is 0 Å². The SMILES string of the molecule is C[C]1(C)[CH](OS(=O)(=O)O)[Pt]1([Cl])[Cl]. The summed E-state index contributed by atoms with van der Waals surface area (Å²) in [6.07, 6.45) is 0. The van der Waals surface area contributed by atoms with Crippen LogP contribution in [0, 0.1) is 0 Å². The minimum absolute atomic E-state index is 0.480. The van der Waals surface area contributed by atoms with Gasteiger partial charge >= 0.3 is 82.5 Å². The Kier molecular flexibility index (Phi) is 2.63. The third kappa shape index (κ3) is 1.81. The van der Waals surface area contributed by atoms with E-state index in [9.17, 15) is 8.42 Å². The first-order valence-corrected chi connectivity index (χ1v) is 12.2. The fourth-order valence-corrected chi connectivity index (χ4v) is 13.9. The molecule has 1 aliphatic rings. The normalized spacial score (nSPS) is 34.2. The molecule has 0 saturated carbocycles. The van der Waals surface area contributed by atoms with Crippen molar-refractivity contribution in [3.8, 4) is 0 Å². The third-order valence-electron chi connectivity index (χ3n) is 1.40. The Hall–Kier alpha value is 1.14. The van der Waals surface area contributed by atoms with Crippen LogP contribution in [-0.4, -0.2) is 17.5 Å². The zero-order valence-corrected chi connectivity index (χ0v) is 10.8. The van der Waals surface area contributed by atoms with Crippen LogP contribution in [0.3, 0.4) is 0 Å². The molecule has 4 nitrogen and oxygen atoms in total. The van der Waals surface area contributed by atoms with E-state index in [1.54, 1.807) is 13.8 Å². The number of hydrogen-bond donors (Lipinski definition) is 1. The molecule has 1 fully saturated rings. The summed E-state index contributed by atoms with van der Waals surface area (Å²) in [5, 5.41) is 0. The van der Waals surface area contributed by atoms with Gasteiger partial charge in [0.1, 0.15) is 0 Å². The molecular formula is C4H8Cl2O4PtS. The molecule has 1 unspecified atom stereocenters. The van der Waals surface area contributed by atoms with Gasteiger partial charge in [-0.25, -0.2) is 0 Å². The maximum atomic E-state index is 10.3. The Bertz CT molecular complexity index is 284. The fraction of sp³-hybridized carbons (Fsp3) is 1.00. The van der Waals surface area contributed by atoms with Gasteiger partial charge in [-0.3, -0.25) is 0 Å². The van der Waals surface area contributed by atoms with E-state index in [-0.39, 0.29) is 0 Å². The van der Waals surface area contributed by atoms with Gasteiger partial charge in [0, 0.05) is 0 Å². The van der Waals surface area contributed by atoms with Crippen molar-refractivity contribution in [2.45, 2.75) is 22.1 Å². The van der Waals surface area contributed by atoms with Crippen LogP contribution in [-0.2, 0) is 28.6 Å². The molecule has 1 atom stereocenters. The van der Waals surface area contributed by atoms with Gasteiger partial charge in [0.2, 0.25) is 0 Å².